The van der Waals surface area contributed by atoms with Crippen molar-refractivity contribution in [2.45, 2.75) is 17.9 Å². The van der Waals surface area contributed by atoms with E-state index in [9.17, 15) is 23.1 Å². The second kappa shape index (κ2) is 9.45. The first-order valence-corrected chi connectivity index (χ1v) is 9.98. The number of rotatable bonds is 8. The highest BCUT2D eigenvalue weighted by Gasteiger charge is 2.23. The molecule has 0 saturated heterocycles. The maximum absolute atomic E-state index is 12.6. The van der Waals surface area contributed by atoms with Crippen LogP contribution in [0.2, 0.25) is 0 Å². The summed E-state index contributed by atoms with van der Waals surface area (Å²) in [6.45, 7) is 0.936. The number of nitrogens with zero attached hydrogens (tertiary/aromatic N) is 1. The lowest BCUT2D eigenvalue weighted by atomic mass is 10.1. The summed E-state index contributed by atoms with van der Waals surface area (Å²) in [5.41, 5.74) is 1.13. The van der Waals surface area contributed by atoms with Crippen molar-refractivity contribution >= 4 is 27.5 Å². The lowest BCUT2D eigenvalue weighted by Crippen LogP contribution is -2.39. The first-order valence-electron chi connectivity index (χ1n) is 8.54. The van der Waals surface area contributed by atoms with E-state index in [-0.39, 0.29) is 17.3 Å². The Kier molecular flexibility index (Phi) is 7.27. The van der Waals surface area contributed by atoms with Gasteiger partial charge in [0.05, 0.1) is 17.5 Å². The van der Waals surface area contributed by atoms with Crippen LogP contribution in [0.5, 0.6) is 0 Å². The van der Waals surface area contributed by atoms with Crippen LogP contribution in [0.3, 0.4) is 0 Å². The maximum Gasteiger partial charge on any atom is 0.243 e. The molecule has 0 heterocycles. The highest BCUT2D eigenvalue weighted by atomic mass is 32.2. The molecule has 3 N–H and O–H groups in total. The third-order valence-corrected chi connectivity index (χ3v) is 5.74. The monoisotopic (exact) mass is 405 g/mol. The Morgan fingerprint density at radius 2 is 1.68 bits per heavy atom. The van der Waals surface area contributed by atoms with E-state index in [1.165, 1.54) is 38.2 Å². The predicted octanol–water partition coefficient (Wildman–Crippen LogP) is 1.12. The van der Waals surface area contributed by atoms with E-state index in [4.69, 9.17) is 0 Å². The molecule has 0 spiro atoms. The molecule has 0 saturated carbocycles. The minimum atomic E-state index is -3.87. The summed E-state index contributed by atoms with van der Waals surface area (Å²) in [6, 6.07) is 14.5. The van der Waals surface area contributed by atoms with Gasteiger partial charge in [0.25, 0.3) is 0 Å². The van der Waals surface area contributed by atoms with Gasteiger partial charge >= 0.3 is 0 Å². The van der Waals surface area contributed by atoms with Crippen molar-refractivity contribution in [3.8, 4) is 0 Å². The lowest BCUT2D eigenvalue weighted by molar-refractivity contribution is -0.121. The zero-order chi connectivity index (χ0) is 20.7. The first-order chi connectivity index (χ1) is 13.2. The molecule has 0 fully saturated rings. The first kappa shape index (κ1) is 21.5. The van der Waals surface area contributed by atoms with Crippen molar-refractivity contribution in [3.05, 3.63) is 60.2 Å². The van der Waals surface area contributed by atoms with Gasteiger partial charge in [-0.25, -0.2) is 8.42 Å². The summed E-state index contributed by atoms with van der Waals surface area (Å²) < 4.78 is 26.1. The Bertz CT molecular complexity index is 914. The lowest BCUT2D eigenvalue weighted by Gasteiger charge is -2.18. The van der Waals surface area contributed by atoms with Crippen molar-refractivity contribution in [1.82, 2.24) is 9.62 Å². The van der Waals surface area contributed by atoms with Gasteiger partial charge < -0.3 is 15.7 Å². The van der Waals surface area contributed by atoms with Crippen molar-refractivity contribution in [3.63, 3.8) is 0 Å². The Balaban J connectivity index is 1.93. The Morgan fingerprint density at radius 1 is 1.07 bits per heavy atom. The number of aliphatic hydroxyl groups excluding tert-OH is 1. The summed E-state index contributed by atoms with van der Waals surface area (Å²) in [5, 5.41) is 15.1. The van der Waals surface area contributed by atoms with Gasteiger partial charge in [0, 0.05) is 26.2 Å². The van der Waals surface area contributed by atoms with Crippen molar-refractivity contribution in [2.75, 3.05) is 25.5 Å². The van der Waals surface area contributed by atoms with Crippen molar-refractivity contribution < 1.29 is 23.1 Å². The van der Waals surface area contributed by atoms with Gasteiger partial charge in [0.2, 0.25) is 21.8 Å². The Labute approximate surface area is 164 Å². The largest absolute Gasteiger partial charge is 0.387 e. The van der Waals surface area contributed by atoms with Gasteiger partial charge in [-0.2, -0.15) is 4.31 Å². The van der Waals surface area contributed by atoms with Crippen molar-refractivity contribution in [2.24, 2.45) is 0 Å². The number of anilines is 1. The molecule has 0 aliphatic rings. The number of sulfonamides is 1. The van der Waals surface area contributed by atoms with Crippen LogP contribution in [0.4, 0.5) is 5.69 Å². The smallest absolute Gasteiger partial charge is 0.243 e. The number of benzene rings is 2. The van der Waals surface area contributed by atoms with Gasteiger partial charge in [-0.1, -0.05) is 30.3 Å². The molecule has 0 bridgehead atoms. The quantitative estimate of drug-likeness (QED) is 0.609. The summed E-state index contributed by atoms with van der Waals surface area (Å²) in [4.78, 5) is 23.1. The van der Waals surface area contributed by atoms with Crippen LogP contribution < -0.4 is 10.6 Å². The molecule has 0 aromatic heterocycles. The number of likely N-dealkylation sites (N-methyl/N-ethyl adjacent to an activating group) is 1. The number of nitrogens with one attached hydrogen (secondary N) is 2. The molecule has 1 unspecified atom stereocenters. The van der Waals surface area contributed by atoms with Gasteiger partial charge in [-0.15, -0.1) is 0 Å². The molecule has 2 aromatic carbocycles. The van der Waals surface area contributed by atoms with E-state index < -0.39 is 28.6 Å². The van der Waals surface area contributed by atoms with E-state index in [0.717, 1.165) is 4.31 Å². The number of amides is 2. The summed E-state index contributed by atoms with van der Waals surface area (Å²) in [6.07, 6.45) is -0.881. The molecule has 9 heteroatoms. The molecule has 28 heavy (non-hydrogen) atoms. The summed E-state index contributed by atoms with van der Waals surface area (Å²) >= 11 is 0. The van der Waals surface area contributed by atoms with Crippen LogP contribution in [0.1, 0.15) is 18.6 Å². The third-order valence-electron chi connectivity index (χ3n) is 3.93. The number of aliphatic hydroxyl groups is 1. The van der Waals surface area contributed by atoms with Gasteiger partial charge in [0.15, 0.2) is 0 Å². The normalized spacial score (nSPS) is 12.4. The molecular weight excluding hydrogens is 382 g/mol. The SMILES string of the molecule is CC(=O)Nc1ccc(S(=O)(=O)N(C)CC(=O)NCC(O)c2ccccc2)cc1. The number of carbonyl (C=O) groups excluding carboxylic acids is 2. The fourth-order valence-corrected chi connectivity index (χ4v) is 3.57. The highest BCUT2D eigenvalue weighted by molar-refractivity contribution is 7.89. The molecule has 0 radical (unpaired) electrons. The van der Waals surface area contributed by atoms with Gasteiger partial charge in [-0.3, -0.25) is 9.59 Å². The predicted molar refractivity (Wildman–Crippen MR) is 105 cm³/mol. The molecular formula is C19H23N3O5S. The minimum Gasteiger partial charge on any atom is -0.387 e. The topological polar surface area (TPSA) is 116 Å². The Hall–Kier alpha value is -2.75. The van der Waals surface area contributed by atoms with Crippen LogP contribution in [-0.2, 0) is 19.6 Å². The maximum atomic E-state index is 12.6. The molecule has 0 aliphatic heterocycles. The fraction of sp³-hybridized carbons (Fsp3) is 0.263. The average molecular weight is 405 g/mol. The second-order valence-electron chi connectivity index (χ2n) is 6.20. The van der Waals surface area contributed by atoms with Crippen LogP contribution in [0, 0.1) is 0 Å². The van der Waals surface area contributed by atoms with Gasteiger partial charge in [0.1, 0.15) is 0 Å². The van der Waals surface area contributed by atoms with Crippen LogP contribution in [0.25, 0.3) is 0 Å². The van der Waals surface area contributed by atoms with E-state index in [0.29, 0.717) is 11.3 Å². The Morgan fingerprint density at radius 3 is 2.25 bits per heavy atom. The minimum absolute atomic E-state index is 0.00113. The number of hydrogen-bond acceptors (Lipinski definition) is 5. The molecule has 0 aliphatic carbocycles. The van der Waals surface area contributed by atoms with Crippen LogP contribution in [0.15, 0.2) is 59.5 Å². The average Bonchev–Trinajstić information content (AvgIpc) is 2.66. The van der Waals surface area contributed by atoms with Gasteiger partial charge in [-0.05, 0) is 29.8 Å². The molecule has 150 valence electrons. The van der Waals surface area contributed by atoms with Crippen molar-refractivity contribution in [1.29, 1.82) is 0 Å². The van der Waals surface area contributed by atoms with E-state index in [1.807, 2.05) is 6.07 Å². The second-order valence-corrected chi connectivity index (χ2v) is 8.24. The molecule has 2 aromatic rings. The molecule has 2 amide bonds. The molecule has 1 atom stereocenters. The highest BCUT2D eigenvalue weighted by Crippen LogP contribution is 2.17. The van der Waals surface area contributed by atoms with Crippen LogP contribution >= 0.6 is 0 Å². The number of carbonyl (C=O) groups is 2. The zero-order valence-corrected chi connectivity index (χ0v) is 16.4. The fourth-order valence-electron chi connectivity index (χ4n) is 2.44. The summed E-state index contributed by atoms with van der Waals surface area (Å²) in [5.74, 6) is -0.794. The van der Waals surface area contributed by atoms with E-state index >= 15 is 0 Å². The molecule has 2 rings (SSSR count). The standard InChI is InChI=1S/C19H23N3O5S/c1-14(23)21-16-8-10-17(11-9-16)28(26,27)22(2)13-19(25)20-12-18(24)15-6-4-3-5-7-15/h3-11,18,24H,12-13H2,1-2H3,(H,20,25)(H,21,23). The van der Waals surface area contributed by atoms with E-state index in [2.05, 4.69) is 10.6 Å². The zero-order valence-electron chi connectivity index (χ0n) is 15.6. The van der Waals surface area contributed by atoms with E-state index in [1.54, 1.807) is 24.3 Å². The molecule has 8 nitrogen and oxygen atoms in total. The van der Waals surface area contributed by atoms with Crippen LogP contribution in [-0.4, -0.2) is 49.8 Å². The number of hydrogen-bond donors (Lipinski definition) is 3. The summed E-state index contributed by atoms with van der Waals surface area (Å²) in [7, 11) is -2.58. The third kappa shape index (κ3) is 5.88.